The molecule has 0 fully saturated rings. The molecule has 6 nitrogen and oxygen atoms in total. The van der Waals surface area contributed by atoms with Crippen molar-refractivity contribution in [1.29, 1.82) is 0 Å². The second kappa shape index (κ2) is 6.50. The lowest BCUT2D eigenvalue weighted by molar-refractivity contribution is 0.174. The first-order chi connectivity index (χ1) is 11.3. The van der Waals surface area contributed by atoms with Crippen molar-refractivity contribution in [3.8, 4) is 11.5 Å². The number of benzene rings is 1. The van der Waals surface area contributed by atoms with Gasteiger partial charge in [-0.25, -0.2) is 4.68 Å². The van der Waals surface area contributed by atoms with E-state index < -0.39 is 0 Å². The van der Waals surface area contributed by atoms with E-state index in [2.05, 4.69) is 42.9 Å². The van der Waals surface area contributed by atoms with Crippen molar-refractivity contribution in [2.45, 2.75) is 17.5 Å². The van der Waals surface area contributed by atoms with Gasteiger partial charge in [-0.3, -0.25) is 0 Å². The van der Waals surface area contributed by atoms with Crippen molar-refractivity contribution in [2.75, 3.05) is 6.79 Å². The lowest BCUT2D eigenvalue weighted by Gasteiger charge is -2.06. The lowest BCUT2D eigenvalue weighted by Crippen LogP contribution is -2.02. The summed E-state index contributed by atoms with van der Waals surface area (Å²) in [5, 5.41) is 14.8. The zero-order valence-electron chi connectivity index (χ0n) is 11.8. The molecule has 1 aliphatic rings. The molecule has 1 aliphatic heterocycles. The fourth-order valence-corrected chi connectivity index (χ4v) is 4.36. The maximum absolute atomic E-state index is 5.43. The number of hydrogen-bond donors (Lipinski definition) is 0. The van der Waals surface area contributed by atoms with Crippen molar-refractivity contribution >= 4 is 39.0 Å². The monoisotopic (exact) mass is 410 g/mol. The Labute approximate surface area is 148 Å². The summed E-state index contributed by atoms with van der Waals surface area (Å²) in [7, 11) is 0. The number of halogens is 1. The Morgan fingerprint density at radius 2 is 2.17 bits per heavy atom. The number of thioether (sulfide) groups is 1. The van der Waals surface area contributed by atoms with Gasteiger partial charge in [0.15, 0.2) is 11.5 Å². The fourth-order valence-electron chi connectivity index (χ4n) is 2.16. The van der Waals surface area contributed by atoms with Crippen LogP contribution < -0.4 is 9.47 Å². The molecule has 0 saturated carbocycles. The molecule has 9 heteroatoms. The third-order valence-corrected chi connectivity index (χ3v) is 5.89. The van der Waals surface area contributed by atoms with Crippen molar-refractivity contribution in [2.24, 2.45) is 0 Å². The highest BCUT2D eigenvalue weighted by Gasteiger charge is 2.17. The summed E-state index contributed by atoms with van der Waals surface area (Å²) in [6, 6.07) is 8.04. The molecule has 0 saturated heterocycles. The first-order valence-corrected chi connectivity index (χ1v) is 9.45. The highest BCUT2D eigenvalue weighted by molar-refractivity contribution is 9.10. The average molecular weight is 411 g/mol. The minimum Gasteiger partial charge on any atom is -0.454 e. The van der Waals surface area contributed by atoms with E-state index in [1.54, 1.807) is 23.1 Å². The molecule has 2 aromatic heterocycles. The normalized spacial score (nSPS) is 12.7. The van der Waals surface area contributed by atoms with Crippen molar-refractivity contribution in [3.05, 3.63) is 44.6 Å². The summed E-state index contributed by atoms with van der Waals surface area (Å²) in [5.74, 6) is 2.29. The second-order valence-corrected chi connectivity index (χ2v) is 7.61. The van der Waals surface area contributed by atoms with Crippen LogP contribution in [0, 0.1) is 0 Å². The zero-order valence-corrected chi connectivity index (χ0v) is 15.0. The molecular formula is C14H11BrN4O2S2. The van der Waals surface area contributed by atoms with Crippen LogP contribution in [0.3, 0.4) is 0 Å². The summed E-state index contributed by atoms with van der Waals surface area (Å²) >= 11 is 6.87. The van der Waals surface area contributed by atoms with Crippen LogP contribution in [0.5, 0.6) is 11.5 Å². The van der Waals surface area contributed by atoms with Gasteiger partial charge in [0.2, 0.25) is 11.9 Å². The molecule has 0 spiro atoms. The van der Waals surface area contributed by atoms with Gasteiger partial charge in [0.05, 0.1) is 6.54 Å². The minimum absolute atomic E-state index is 0.275. The van der Waals surface area contributed by atoms with E-state index in [4.69, 9.17) is 9.47 Å². The summed E-state index contributed by atoms with van der Waals surface area (Å²) < 4.78 is 13.6. The van der Waals surface area contributed by atoms with E-state index in [0.717, 1.165) is 32.4 Å². The van der Waals surface area contributed by atoms with Crippen molar-refractivity contribution in [1.82, 2.24) is 20.2 Å². The van der Waals surface area contributed by atoms with Gasteiger partial charge in [0, 0.05) is 15.1 Å². The number of thiophene rings is 1. The second-order valence-electron chi connectivity index (χ2n) is 4.78. The Morgan fingerprint density at radius 3 is 3.00 bits per heavy atom. The molecule has 3 heterocycles. The fraction of sp³-hybridized carbons (Fsp3) is 0.214. The molecule has 0 amide bonds. The Balaban J connectivity index is 1.49. The van der Waals surface area contributed by atoms with Gasteiger partial charge >= 0.3 is 0 Å². The van der Waals surface area contributed by atoms with Crippen LogP contribution >= 0.6 is 39.0 Å². The van der Waals surface area contributed by atoms with Crippen LogP contribution in [0.4, 0.5) is 0 Å². The van der Waals surface area contributed by atoms with Crippen LogP contribution in [-0.2, 0) is 12.3 Å². The van der Waals surface area contributed by atoms with Gasteiger partial charge in [-0.05, 0) is 39.6 Å². The molecule has 3 aromatic rings. The SMILES string of the molecule is Brc1cc2c(cc1CSc1nnnn1Cc1cccs1)OCO2. The predicted octanol–water partition coefficient (Wildman–Crippen LogP) is 3.57. The van der Waals surface area contributed by atoms with Crippen molar-refractivity contribution < 1.29 is 9.47 Å². The number of hydrogen-bond acceptors (Lipinski definition) is 7. The van der Waals surface area contributed by atoms with E-state index in [-0.39, 0.29) is 6.79 Å². The van der Waals surface area contributed by atoms with E-state index in [1.807, 2.05) is 22.9 Å². The topological polar surface area (TPSA) is 62.1 Å². The lowest BCUT2D eigenvalue weighted by atomic mass is 10.2. The molecule has 4 rings (SSSR count). The largest absolute Gasteiger partial charge is 0.454 e. The van der Waals surface area contributed by atoms with Gasteiger partial charge in [-0.2, -0.15) is 0 Å². The molecule has 118 valence electrons. The summed E-state index contributed by atoms with van der Waals surface area (Å²) in [4.78, 5) is 1.23. The van der Waals surface area contributed by atoms with Gasteiger partial charge in [0.1, 0.15) is 0 Å². The molecular weight excluding hydrogens is 400 g/mol. The molecule has 1 aromatic carbocycles. The number of tetrazole rings is 1. The minimum atomic E-state index is 0.275. The third kappa shape index (κ3) is 3.22. The maximum atomic E-state index is 5.43. The molecule has 0 N–H and O–H groups in total. The molecule has 0 radical (unpaired) electrons. The zero-order chi connectivity index (χ0) is 15.6. The first kappa shape index (κ1) is 15.0. The van der Waals surface area contributed by atoms with Crippen molar-refractivity contribution in [3.63, 3.8) is 0 Å². The highest BCUT2D eigenvalue weighted by atomic mass is 79.9. The predicted molar refractivity (Wildman–Crippen MR) is 91.1 cm³/mol. The summed E-state index contributed by atoms with van der Waals surface area (Å²) in [6.45, 7) is 0.965. The van der Waals surface area contributed by atoms with E-state index in [1.165, 1.54) is 4.88 Å². The van der Waals surface area contributed by atoms with Gasteiger partial charge < -0.3 is 9.47 Å². The van der Waals surface area contributed by atoms with Gasteiger partial charge in [0.25, 0.3) is 0 Å². The number of ether oxygens (including phenoxy) is 2. The molecule has 0 atom stereocenters. The molecule has 0 unspecified atom stereocenters. The number of rotatable bonds is 5. The van der Waals surface area contributed by atoms with E-state index in [9.17, 15) is 0 Å². The molecule has 0 bridgehead atoms. The number of aromatic nitrogens is 4. The average Bonchev–Trinajstić information content (AvgIpc) is 3.27. The Bertz CT molecular complexity index is 822. The quantitative estimate of drug-likeness (QED) is 0.599. The standard InChI is InChI=1S/C14H11BrN4O2S2/c15-11-5-13-12(20-8-21-13)4-9(11)7-23-14-16-17-18-19(14)6-10-2-1-3-22-10/h1-5H,6-8H2. The number of nitrogens with zero attached hydrogens (tertiary/aromatic N) is 4. The summed E-state index contributed by atoms with van der Waals surface area (Å²) in [5.41, 5.74) is 1.12. The summed E-state index contributed by atoms with van der Waals surface area (Å²) in [6.07, 6.45) is 0. The van der Waals surface area contributed by atoms with Crippen LogP contribution in [-0.4, -0.2) is 27.0 Å². The first-order valence-electron chi connectivity index (χ1n) is 6.79. The van der Waals surface area contributed by atoms with Crippen LogP contribution in [0.2, 0.25) is 0 Å². The van der Waals surface area contributed by atoms with E-state index in [0.29, 0.717) is 6.54 Å². The highest BCUT2D eigenvalue weighted by Crippen LogP contribution is 2.38. The maximum Gasteiger partial charge on any atom is 0.231 e. The van der Waals surface area contributed by atoms with E-state index >= 15 is 0 Å². The third-order valence-electron chi connectivity index (χ3n) is 3.28. The van der Waals surface area contributed by atoms with Crippen LogP contribution in [0.1, 0.15) is 10.4 Å². The molecule has 23 heavy (non-hydrogen) atoms. The van der Waals surface area contributed by atoms with Gasteiger partial charge in [-0.1, -0.05) is 33.8 Å². The van der Waals surface area contributed by atoms with Crippen LogP contribution in [0.15, 0.2) is 39.3 Å². The number of fused-ring (bicyclic) bond motifs is 1. The molecule has 0 aliphatic carbocycles. The Kier molecular flexibility index (Phi) is 4.23. The smallest absolute Gasteiger partial charge is 0.231 e. The Morgan fingerprint density at radius 1 is 1.30 bits per heavy atom. The van der Waals surface area contributed by atoms with Crippen LogP contribution in [0.25, 0.3) is 0 Å². The Hall–Kier alpha value is -1.58. The van der Waals surface area contributed by atoms with Gasteiger partial charge in [-0.15, -0.1) is 16.4 Å².